The molecular formula is C34H52N2O8. The number of β-amino-alcohol motifs (C(OH)–C–C–N with tert-alkyl or cyclic N) is 1. The number of carbonyl (C=O) groups excluding carboxylic acids is 2. The Balaban J connectivity index is 0.000000357. The van der Waals surface area contributed by atoms with Gasteiger partial charge in [0.1, 0.15) is 13.2 Å². The van der Waals surface area contributed by atoms with Gasteiger partial charge in [-0.05, 0) is 43.2 Å². The molecule has 0 saturated carbocycles. The average molecular weight is 617 g/mol. The molecular weight excluding hydrogens is 564 g/mol. The summed E-state index contributed by atoms with van der Waals surface area (Å²) in [7, 11) is 0. The molecule has 0 bridgehead atoms. The fourth-order valence-corrected chi connectivity index (χ4v) is 4.45. The summed E-state index contributed by atoms with van der Waals surface area (Å²) in [5.41, 5.74) is 1.94. The molecule has 3 atom stereocenters. The van der Waals surface area contributed by atoms with E-state index < -0.39 is 24.6 Å². The number of likely N-dealkylation sites (tertiary alicyclic amines) is 1. The highest BCUT2D eigenvalue weighted by atomic mass is 16.6. The lowest BCUT2D eigenvalue weighted by Crippen LogP contribution is -2.39. The summed E-state index contributed by atoms with van der Waals surface area (Å²) in [6, 6.07) is 19.2. The first kappa shape index (κ1) is 38.6. The SMILES string of the molecule is C.C.O=C(OCc1ccccc1)N1CC=CCCC1.O=C(OCc1ccccc1)N1CCC[C@@H](O)[C@@H](O)C1.OC1CCCO1. The summed E-state index contributed by atoms with van der Waals surface area (Å²) in [5, 5.41) is 27.7. The zero-order valence-electron chi connectivity index (χ0n) is 24.1. The van der Waals surface area contributed by atoms with Crippen LogP contribution in [0.1, 0.15) is 64.5 Å². The highest BCUT2D eigenvalue weighted by Gasteiger charge is 2.27. The quantitative estimate of drug-likeness (QED) is 0.384. The minimum absolute atomic E-state index is 0. The first-order valence-corrected chi connectivity index (χ1v) is 14.6. The Morgan fingerprint density at radius 1 is 0.727 bits per heavy atom. The van der Waals surface area contributed by atoms with Crippen LogP contribution in [0.3, 0.4) is 0 Å². The van der Waals surface area contributed by atoms with E-state index in [-0.39, 0.29) is 34.1 Å². The lowest BCUT2D eigenvalue weighted by atomic mass is 10.1. The van der Waals surface area contributed by atoms with Gasteiger partial charge >= 0.3 is 12.2 Å². The highest BCUT2D eigenvalue weighted by Crippen LogP contribution is 2.13. The van der Waals surface area contributed by atoms with Gasteiger partial charge in [0.25, 0.3) is 0 Å². The highest BCUT2D eigenvalue weighted by molar-refractivity contribution is 5.68. The Labute approximate surface area is 262 Å². The molecule has 1 unspecified atom stereocenters. The van der Waals surface area contributed by atoms with E-state index in [1.54, 1.807) is 4.90 Å². The third-order valence-corrected chi connectivity index (χ3v) is 6.90. The van der Waals surface area contributed by atoms with Crippen molar-refractivity contribution in [1.82, 2.24) is 9.80 Å². The van der Waals surface area contributed by atoms with Crippen molar-refractivity contribution < 1.29 is 39.1 Å². The Bertz CT molecular complexity index is 1060. The van der Waals surface area contributed by atoms with Crippen molar-refractivity contribution in [3.63, 3.8) is 0 Å². The standard InChI is InChI=1S/C14H19NO4.C14H17NO2.C4H8O2.2CH4/c16-12-7-4-8-15(9-13(12)17)14(18)19-10-11-5-2-1-3-6-11;16-14(15-10-6-1-2-7-11-15)17-12-13-8-4-3-5-9-13;5-4-2-1-3-6-4;;/h1-3,5-6,12-13,16-17H,4,7-10H2;1,3-6,8-9H,2,7,10-12H2;4-5H,1-3H2;2*1H4/t12-,13+;;;;/m1..../s1. The molecule has 0 radical (unpaired) electrons. The Hall–Kier alpha value is -3.44. The van der Waals surface area contributed by atoms with Gasteiger partial charge in [0.2, 0.25) is 0 Å². The van der Waals surface area contributed by atoms with Crippen molar-refractivity contribution in [2.45, 2.75) is 85.1 Å². The largest absolute Gasteiger partial charge is 0.445 e. The summed E-state index contributed by atoms with van der Waals surface area (Å²) in [6.07, 6.45) is 6.42. The number of hydrogen-bond acceptors (Lipinski definition) is 8. The molecule has 3 aliphatic heterocycles. The molecule has 2 fully saturated rings. The summed E-state index contributed by atoms with van der Waals surface area (Å²) < 4.78 is 15.2. The topological polar surface area (TPSA) is 129 Å². The van der Waals surface area contributed by atoms with Gasteiger partial charge in [0.15, 0.2) is 6.29 Å². The van der Waals surface area contributed by atoms with Crippen LogP contribution in [0.4, 0.5) is 9.59 Å². The predicted molar refractivity (Wildman–Crippen MR) is 171 cm³/mol. The van der Waals surface area contributed by atoms with E-state index in [1.807, 2.05) is 66.7 Å². The number of hydrogen-bond donors (Lipinski definition) is 3. The van der Waals surface area contributed by atoms with Gasteiger partial charge in [-0.15, -0.1) is 0 Å². The molecule has 2 amide bonds. The van der Waals surface area contributed by atoms with Crippen LogP contribution in [-0.2, 0) is 27.4 Å². The number of aliphatic hydroxyl groups excluding tert-OH is 3. The van der Waals surface area contributed by atoms with Crippen LogP contribution in [0.5, 0.6) is 0 Å². The maximum Gasteiger partial charge on any atom is 0.410 e. The molecule has 2 aromatic carbocycles. The first-order valence-electron chi connectivity index (χ1n) is 14.6. The number of amides is 2. The number of carbonyl (C=O) groups is 2. The second kappa shape index (κ2) is 22.1. The summed E-state index contributed by atoms with van der Waals surface area (Å²) >= 11 is 0. The van der Waals surface area contributed by atoms with Crippen LogP contribution in [0, 0.1) is 0 Å². The van der Waals surface area contributed by atoms with E-state index in [9.17, 15) is 19.8 Å². The minimum Gasteiger partial charge on any atom is -0.445 e. The number of allylic oxidation sites excluding steroid dienone is 1. The van der Waals surface area contributed by atoms with Crippen molar-refractivity contribution in [1.29, 1.82) is 0 Å². The van der Waals surface area contributed by atoms with Gasteiger partial charge < -0.3 is 39.3 Å². The van der Waals surface area contributed by atoms with Gasteiger partial charge in [-0.1, -0.05) is 87.7 Å². The van der Waals surface area contributed by atoms with Crippen molar-refractivity contribution in [2.75, 3.05) is 32.8 Å². The average Bonchev–Trinajstić information content (AvgIpc) is 3.24. The van der Waals surface area contributed by atoms with E-state index >= 15 is 0 Å². The van der Waals surface area contributed by atoms with Crippen molar-refractivity contribution in [3.8, 4) is 0 Å². The Morgan fingerprint density at radius 2 is 1.30 bits per heavy atom. The van der Waals surface area contributed by atoms with Gasteiger partial charge in [-0.25, -0.2) is 9.59 Å². The van der Waals surface area contributed by atoms with Crippen LogP contribution < -0.4 is 0 Å². The third-order valence-electron chi connectivity index (χ3n) is 6.90. The maximum atomic E-state index is 11.9. The van der Waals surface area contributed by atoms with Crippen LogP contribution in [0.15, 0.2) is 72.8 Å². The van der Waals surface area contributed by atoms with E-state index in [2.05, 4.69) is 6.08 Å². The Morgan fingerprint density at radius 3 is 1.82 bits per heavy atom. The number of rotatable bonds is 4. The lowest BCUT2D eigenvalue weighted by molar-refractivity contribution is -0.0589. The molecule has 10 heteroatoms. The zero-order chi connectivity index (χ0) is 30.0. The molecule has 5 rings (SSSR count). The molecule has 3 N–H and O–H groups in total. The molecule has 0 spiro atoms. The molecule has 44 heavy (non-hydrogen) atoms. The second-order valence-corrected chi connectivity index (χ2v) is 10.3. The molecule has 10 nitrogen and oxygen atoms in total. The molecule has 3 aliphatic rings. The second-order valence-electron chi connectivity index (χ2n) is 10.3. The summed E-state index contributed by atoms with van der Waals surface area (Å²) in [5.74, 6) is 0. The van der Waals surface area contributed by atoms with Gasteiger partial charge in [0, 0.05) is 32.7 Å². The first-order chi connectivity index (χ1) is 20.4. The summed E-state index contributed by atoms with van der Waals surface area (Å²) in [6.45, 7) is 3.36. The van der Waals surface area contributed by atoms with E-state index in [0.29, 0.717) is 32.5 Å². The Kier molecular flexibility index (Phi) is 19.4. The van der Waals surface area contributed by atoms with Crippen LogP contribution in [0.25, 0.3) is 0 Å². The van der Waals surface area contributed by atoms with Crippen molar-refractivity contribution in [2.24, 2.45) is 0 Å². The van der Waals surface area contributed by atoms with Crippen LogP contribution in [0.2, 0.25) is 0 Å². The third kappa shape index (κ3) is 14.8. The molecule has 0 aliphatic carbocycles. The van der Waals surface area contributed by atoms with E-state index in [0.717, 1.165) is 50.0 Å². The summed E-state index contributed by atoms with van der Waals surface area (Å²) in [4.78, 5) is 26.9. The lowest BCUT2D eigenvalue weighted by Gasteiger charge is -2.22. The van der Waals surface area contributed by atoms with E-state index in [1.165, 1.54) is 4.90 Å². The van der Waals surface area contributed by atoms with Crippen molar-refractivity contribution >= 4 is 12.2 Å². The predicted octanol–water partition coefficient (Wildman–Crippen LogP) is 5.50. The fourth-order valence-electron chi connectivity index (χ4n) is 4.45. The molecule has 0 aromatic heterocycles. The number of nitrogens with zero attached hydrogens (tertiary/aromatic N) is 2. The smallest absolute Gasteiger partial charge is 0.410 e. The molecule has 246 valence electrons. The number of ether oxygens (including phenoxy) is 3. The zero-order valence-corrected chi connectivity index (χ0v) is 24.1. The normalized spacial score (nSPS) is 20.9. The van der Waals surface area contributed by atoms with Gasteiger partial charge in [0.05, 0.1) is 18.8 Å². The molecule has 3 heterocycles. The molecule has 2 aromatic rings. The van der Waals surface area contributed by atoms with Gasteiger partial charge in [-0.2, -0.15) is 0 Å². The van der Waals surface area contributed by atoms with Crippen molar-refractivity contribution in [3.05, 3.63) is 83.9 Å². The maximum absolute atomic E-state index is 11.9. The van der Waals surface area contributed by atoms with Crippen LogP contribution in [-0.4, -0.2) is 88.6 Å². The fraction of sp³-hybridized carbons (Fsp3) is 0.529. The minimum atomic E-state index is -0.897. The molecule has 2 saturated heterocycles. The number of aliphatic hydroxyl groups is 3. The monoisotopic (exact) mass is 616 g/mol. The number of benzene rings is 2. The van der Waals surface area contributed by atoms with Crippen LogP contribution >= 0.6 is 0 Å². The van der Waals surface area contributed by atoms with Gasteiger partial charge in [-0.3, -0.25) is 0 Å². The van der Waals surface area contributed by atoms with E-state index in [4.69, 9.17) is 19.3 Å².